The van der Waals surface area contributed by atoms with Crippen molar-refractivity contribution in [3.05, 3.63) is 59.5 Å². The van der Waals surface area contributed by atoms with Crippen molar-refractivity contribution in [1.82, 2.24) is 15.5 Å². The molecular formula is C21H22F3N3O4. The molecule has 2 atom stereocenters. The highest BCUT2D eigenvalue weighted by atomic mass is 19.4. The second-order valence-corrected chi connectivity index (χ2v) is 7.30. The van der Waals surface area contributed by atoms with Crippen molar-refractivity contribution >= 4 is 17.7 Å². The third-order valence-corrected chi connectivity index (χ3v) is 4.99. The molecule has 3 amide bonds. The van der Waals surface area contributed by atoms with Gasteiger partial charge in [-0.15, -0.1) is 0 Å². The van der Waals surface area contributed by atoms with Gasteiger partial charge in [-0.25, -0.2) is 0 Å². The van der Waals surface area contributed by atoms with Crippen LogP contribution < -0.4 is 10.6 Å². The SMILES string of the molecule is C[C@H](NC(=O)c1ccco1)C(=O)N[C@H](CN1CCCC1=O)c1cccc(C(F)(F)F)c1. The zero-order valence-corrected chi connectivity index (χ0v) is 16.7. The first-order chi connectivity index (χ1) is 14.6. The summed E-state index contributed by atoms with van der Waals surface area (Å²) < 4.78 is 44.5. The molecule has 166 valence electrons. The van der Waals surface area contributed by atoms with Crippen LogP contribution in [0.3, 0.4) is 0 Å². The quantitative estimate of drug-likeness (QED) is 0.697. The van der Waals surface area contributed by atoms with Gasteiger partial charge >= 0.3 is 6.18 Å². The number of nitrogens with one attached hydrogen (secondary N) is 2. The van der Waals surface area contributed by atoms with Crippen molar-refractivity contribution in [1.29, 1.82) is 0 Å². The number of hydrogen-bond acceptors (Lipinski definition) is 4. The molecular weight excluding hydrogens is 415 g/mol. The van der Waals surface area contributed by atoms with Crippen LogP contribution in [0.25, 0.3) is 0 Å². The third kappa shape index (κ3) is 5.65. The van der Waals surface area contributed by atoms with E-state index in [9.17, 15) is 27.6 Å². The largest absolute Gasteiger partial charge is 0.459 e. The first kappa shape index (κ1) is 22.4. The summed E-state index contributed by atoms with van der Waals surface area (Å²) in [6, 6.07) is 5.71. The van der Waals surface area contributed by atoms with Crippen LogP contribution >= 0.6 is 0 Å². The summed E-state index contributed by atoms with van der Waals surface area (Å²) in [7, 11) is 0. The highest BCUT2D eigenvalue weighted by molar-refractivity contribution is 5.95. The van der Waals surface area contributed by atoms with Gasteiger partial charge in [0.25, 0.3) is 5.91 Å². The molecule has 0 radical (unpaired) electrons. The maximum Gasteiger partial charge on any atom is 0.416 e. The van der Waals surface area contributed by atoms with E-state index in [0.29, 0.717) is 19.4 Å². The maximum absolute atomic E-state index is 13.2. The summed E-state index contributed by atoms with van der Waals surface area (Å²) in [6.45, 7) is 1.94. The highest BCUT2D eigenvalue weighted by Gasteiger charge is 2.32. The molecule has 1 saturated heterocycles. The van der Waals surface area contributed by atoms with Crippen LogP contribution in [0.2, 0.25) is 0 Å². The molecule has 2 N–H and O–H groups in total. The van der Waals surface area contributed by atoms with Crippen LogP contribution in [-0.4, -0.2) is 41.8 Å². The number of furan rings is 1. The minimum atomic E-state index is -4.54. The lowest BCUT2D eigenvalue weighted by atomic mass is 10.0. The molecule has 7 nitrogen and oxygen atoms in total. The molecule has 1 aliphatic rings. The van der Waals surface area contributed by atoms with Crippen LogP contribution in [-0.2, 0) is 15.8 Å². The van der Waals surface area contributed by atoms with Gasteiger partial charge in [0, 0.05) is 19.5 Å². The molecule has 31 heavy (non-hydrogen) atoms. The van der Waals surface area contributed by atoms with Crippen LogP contribution in [0, 0.1) is 0 Å². The van der Waals surface area contributed by atoms with Gasteiger partial charge in [0.2, 0.25) is 11.8 Å². The van der Waals surface area contributed by atoms with Gasteiger partial charge in [-0.05, 0) is 43.2 Å². The summed E-state index contributed by atoms with van der Waals surface area (Å²) >= 11 is 0. The topological polar surface area (TPSA) is 91.7 Å². The third-order valence-electron chi connectivity index (χ3n) is 4.99. The average Bonchev–Trinajstić information content (AvgIpc) is 3.39. The van der Waals surface area contributed by atoms with Crippen LogP contribution in [0.1, 0.15) is 47.5 Å². The minimum Gasteiger partial charge on any atom is -0.459 e. The number of amides is 3. The molecule has 1 aliphatic heterocycles. The van der Waals surface area contributed by atoms with E-state index in [1.54, 1.807) is 0 Å². The fraction of sp³-hybridized carbons (Fsp3) is 0.381. The maximum atomic E-state index is 13.2. The van der Waals surface area contributed by atoms with Gasteiger partial charge in [0.1, 0.15) is 6.04 Å². The Morgan fingerprint density at radius 1 is 1.19 bits per heavy atom. The van der Waals surface area contributed by atoms with Crippen molar-refractivity contribution in [2.75, 3.05) is 13.1 Å². The Hall–Kier alpha value is -3.30. The Bertz CT molecular complexity index is 944. The van der Waals surface area contributed by atoms with Crippen molar-refractivity contribution < 1.29 is 32.0 Å². The van der Waals surface area contributed by atoms with Crippen molar-refractivity contribution in [3.8, 4) is 0 Å². The van der Waals surface area contributed by atoms with E-state index in [1.165, 1.54) is 42.4 Å². The number of carbonyl (C=O) groups is 3. The summed E-state index contributed by atoms with van der Waals surface area (Å²) in [6.07, 6.45) is -2.22. The molecule has 2 aromatic rings. The molecule has 0 spiro atoms. The van der Waals surface area contributed by atoms with E-state index >= 15 is 0 Å². The Morgan fingerprint density at radius 3 is 2.58 bits per heavy atom. The number of halogens is 3. The zero-order chi connectivity index (χ0) is 22.6. The smallest absolute Gasteiger partial charge is 0.416 e. The fourth-order valence-corrected chi connectivity index (χ4v) is 3.32. The second-order valence-electron chi connectivity index (χ2n) is 7.30. The van der Waals surface area contributed by atoms with Crippen molar-refractivity contribution in [2.45, 2.75) is 38.0 Å². The van der Waals surface area contributed by atoms with E-state index in [0.717, 1.165) is 12.1 Å². The minimum absolute atomic E-state index is 0.0248. The van der Waals surface area contributed by atoms with Crippen LogP contribution in [0.15, 0.2) is 47.1 Å². The number of hydrogen-bond donors (Lipinski definition) is 2. The van der Waals surface area contributed by atoms with Crippen LogP contribution in [0.4, 0.5) is 13.2 Å². The van der Waals surface area contributed by atoms with Gasteiger partial charge in [0.05, 0.1) is 17.9 Å². The van der Waals surface area contributed by atoms with Gasteiger partial charge < -0.3 is 20.0 Å². The standard InChI is InChI=1S/C21H22F3N3O4/c1-13(25-20(30)17-7-4-10-31-17)19(29)26-16(12-27-9-3-8-18(27)28)14-5-2-6-15(11-14)21(22,23)24/h2,4-7,10-11,13,16H,3,8-9,12H2,1H3,(H,25,30)(H,26,29)/t13-,16+/m0/s1. The van der Waals surface area contributed by atoms with Gasteiger partial charge in [-0.2, -0.15) is 13.2 Å². The van der Waals surface area contributed by atoms with E-state index in [1.807, 2.05) is 0 Å². The summed E-state index contributed by atoms with van der Waals surface area (Å²) in [4.78, 5) is 38.3. The predicted octanol–water partition coefficient (Wildman–Crippen LogP) is 2.90. The van der Waals surface area contributed by atoms with Crippen LogP contribution in [0.5, 0.6) is 0 Å². The molecule has 1 fully saturated rings. The van der Waals surface area contributed by atoms with E-state index in [2.05, 4.69) is 10.6 Å². The molecule has 1 aromatic carbocycles. The second kappa shape index (κ2) is 9.23. The molecule has 10 heteroatoms. The monoisotopic (exact) mass is 437 g/mol. The predicted molar refractivity (Wildman–Crippen MR) is 104 cm³/mol. The number of rotatable bonds is 7. The Balaban J connectivity index is 1.77. The molecule has 3 rings (SSSR count). The molecule has 0 saturated carbocycles. The Kier molecular flexibility index (Phi) is 6.67. The number of nitrogens with zero attached hydrogens (tertiary/aromatic N) is 1. The first-order valence-electron chi connectivity index (χ1n) is 9.75. The summed E-state index contributed by atoms with van der Waals surface area (Å²) in [5, 5.41) is 5.14. The number of alkyl halides is 3. The van der Waals surface area contributed by atoms with Crippen molar-refractivity contribution in [3.63, 3.8) is 0 Å². The number of benzene rings is 1. The lowest BCUT2D eigenvalue weighted by Crippen LogP contribution is -2.48. The molecule has 1 aromatic heterocycles. The molecule has 2 heterocycles. The van der Waals surface area contributed by atoms with Gasteiger partial charge in [0.15, 0.2) is 5.76 Å². The summed E-state index contributed by atoms with van der Waals surface area (Å²) in [5.74, 6) is -1.30. The highest BCUT2D eigenvalue weighted by Crippen LogP contribution is 2.31. The van der Waals surface area contributed by atoms with Gasteiger partial charge in [-0.3, -0.25) is 14.4 Å². The van der Waals surface area contributed by atoms with Gasteiger partial charge in [-0.1, -0.05) is 12.1 Å². The average molecular weight is 437 g/mol. The zero-order valence-electron chi connectivity index (χ0n) is 16.7. The lowest BCUT2D eigenvalue weighted by molar-refractivity contribution is -0.137. The molecule has 0 unspecified atom stereocenters. The Labute approximate surface area is 176 Å². The first-order valence-corrected chi connectivity index (χ1v) is 9.75. The van der Waals surface area contributed by atoms with E-state index in [4.69, 9.17) is 4.42 Å². The number of carbonyl (C=O) groups excluding carboxylic acids is 3. The molecule has 0 aliphatic carbocycles. The summed E-state index contributed by atoms with van der Waals surface area (Å²) in [5.41, 5.74) is -0.636. The van der Waals surface area contributed by atoms with Crippen molar-refractivity contribution in [2.24, 2.45) is 0 Å². The number of likely N-dealkylation sites (tertiary alicyclic amines) is 1. The van der Waals surface area contributed by atoms with E-state index in [-0.39, 0.29) is 23.8 Å². The fourth-order valence-electron chi connectivity index (χ4n) is 3.32. The van der Waals surface area contributed by atoms with E-state index < -0.39 is 35.6 Å². The Morgan fingerprint density at radius 2 is 1.97 bits per heavy atom. The molecule has 0 bridgehead atoms. The lowest BCUT2D eigenvalue weighted by Gasteiger charge is -2.27. The normalized spacial score (nSPS) is 16.1.